The number of hydrogen-bond donors (Lipinski definition) is 4. The number of aromatic amines is 1. The zero-order valence-electron chi connectivity index (χ0n) is 10.8. The van der Waals surface area contributed by atoms with E-state index in [4.69, 9.17) is 0 Å². The number of fused-ring (bicyclic) bond motifs is 1. The zero-order valence-corrected chi connectivity index (χ0v) is 10.8. The van der Waals surface area contributed by atoms with Crippen molar-refractivity contribution in [3.63, 3.8) is 0 Å². The lowest BCUT2D eigenvalue weighted by Crippen LogP contribution is -2.36. The second-order valence-corrected chi connectivity index (χ2v) is 4.98. The third-order valence-electron chi connectivity index (χ3n) is 3.59. The van der Waals surface area contributed by atoms with Crippen LogP contribution in [0.15, 0.2) is 0 Å². The van der Waals surface area contributed by atoms with Crippen LogP contribution >= 0.6 is 0 Å². The van der Waals surface area contributed by atoms with Crippen LogP contribution in [-0.2, 0) is 29.0 Å². The van der Waals surface area contributed by atoms with E-state index in [9.17, 15) is 14.4 Å². The van der Waals surface area contributed by atoms with Crippen LogP contribution in [0.25, 0.3) is 0 Å². The lowest BCUT2D eigenvalue weighted by Gasteiger charge is -2.07. The van der Waals surface area contributed by atoms with Gasteiger partial charge in [-0.1, -0.05) is 0 Å². The van der Waals surface area contributed by atoms with E-state index in [0.717, 1.165) is 30.7 Å². The Morgan fingerprint density at radius 1 is 1.35 bits per heavy atom. The molecule has 2 aliphatic rings. The Hall–Kier alpha value is -2.38. The number of carbonyl (C=O) groups is 3. The highest BCUT2D eigenvalue weighted by molar-refractivity contribution is 6.05. The number of amides is 4. The summed E-state index contributed by atoms with van der Waals surface area (Å²) in [4.78, 5) is 34.0. The molecule has 1 unspecified atom stereocenters. The summed E-state index contributed by atoms with van der Waals surface area (Å²) in [6.45, 7) is 0.340. The average molecular weight is 277 g/mol. The van der Waals surface area contributed by atoms with Gasteiger partial charge in [0, 0.05) is 5.69 Å². The van der Waals surface area contributed by atoms with Gasteiger partial charge in [-0.2, -0.15) is 5.10 Å². The summed E-state index contributed by atoms with van der Waals surface area (Å²) < 4.78 is 0. The molecule has 106 valence electrons. The highest BCUT2D eigenvalue weighted by Crippen LogP contribution is 2.22. The molecule has 0 saturated carbocycles. The van der Waals surface area contributed by atoms with Gasteiger partial charge in [-0.15, -0.1) is 0 Å². The van der Waals surface area contributed by atoms with Crippen molar-refractivity contribution in [1.29, 1.82) is 0 Å². The SMILES string of the molecule is O=C(CC1NC(=O)NC1=O)NCc1n[nH]c2c1CCC2. The van der Waals surface area contributed by atoms with E-state index in [-0.39, 0.29) is 12.3 Å². The van der Waals surface area contributed by atoms with E-state index in [2.05, 4.69) is 26.1 Å². The van der Waals surface area contributed by atoms with E-state index in [1.54, 1.807) is 0 Å². The highest BCUT2D eigenvalue weighted by Gasteiger charge is 2.31. The van der Waals surface area contributed by atoms with Gasteiger partial charge in [0.2, 0.25) is 5.91 Å². The van der Waals surface area contributed by atoms with E-state index >= 15 is 0 Å². The summed E-state index contributed by atoms with van der Waals surface area (Å²) in [6.07, 6.45) is 3.03. The molecule has 1 fully saturated rings. The van der Waals surface area contributed by atoms with Gasteiger partial charge >= 0.3 is 6.03 Å². The van der Waals surface area contributed by atoms with Crippen molar-refractivity contribution in [2.24, 2.45) is 0 Å². The number of hydrogen-bond acceptors (Lipinski definition) is 4. The monoisotopic (exact) mass is 277 g/mol. The summed E-state index contributed by atoms with van der Waals surface area (Å²) in [5, 5.41) is 14.4. The minimum atomic E-state index is -0.785. The molecule has 1 aliphatic heterocycles. The maximum Gasteiger partial charge on any atom is 0.322 e. The molecule has 0 aromatic carbocycles. The molecular formula is C12H15N5O3. The zero-order chi connectivity index (χ0) is 14.1. The maximum atomic E-state index is 11.8. The molecule has 4 amide bonds. The number of rotatable bonds is 4. The number of nitrogens with one attached hydrogen (secondary N) is 4. The summed E-state index contributed by atoms with van der Waals surface area (Å²) in [6, 6.07) is -1.34. The van der Waals surface area contributed by atoms with Gasteiger partial charge in [-0.25, -0.2) is 4.79 Å². The maximum absolute atomic E-state index is 11.8. The minimum absolute atomic E-state index is 0.0653. The van der Waals surface area contributed by atoms with Crippen molar-refractivity contribution in [1.82, 2.24) is 26.1 Å². The summed E-state index contributed by atoms with van der Waals surface area (Å²) in [7, 11) is 0. The molecule has 1 aliphatic carbocycles. The van der Waals surface area contributed by atoms with Gasteiger partial charge in [0.25, 0.3) is 5.91 Å². The first kappa shape index (κ1) is 12.6. The van der Waals surface area contributed by atoms with Crippen molar-refractivity contribution >= 4 is 17.8 Å². The lowest BCUT2D eigenvalue weighted by atomic mass is 10.2. The third-order valence-corrected chi connectivity index (χ3v) is 3.59. The fourth-order valence-corrected chi connectivity index (χ4v) is 2.58. The van der Waals surface area contributed by atoms with E-state index < -0.39 is 18.0 Å². The number of urea groups is 1. The Bertz CT molecular complexity index is 580. The first-order valence-electron chi connectivity index (χ1n) is 6.56. The molecule has 4 N–H and O–H groups in total. The lowest BCUT2D eigenvalue weighted by molar-refractivity contribution is -0.126. The smallest absolute Gasteiger partial charge is 0.322 e. The summed E-state index contributed by atoms with van der Waals surface area (Å²) in [5.74, 6) is -0.757. The van der Waals surface area contributed by atoms with Gasteiger partial charge in [-0.3, -0.25) is 20.0 Å². The number of nitrogens with zero attached hydrogens (tertiary/aromatic N) is 1. The molecular weight excluding hydrogens is 262 g/mol. The average Bonchev–Trinajstić information content (AvgIpc) is 3.04. The molecule has 3 rings (SSSR count). The Kier molecular flexibility index (Phi) is 3.13. The van der Waals surface area contributed by atoms with Gasteiger partial charge < -0.3 is 10.6 Å². The molecule has 0 spiro atoms. The molecule has 2 heterocycles. The van der Waals surface area contributed by atoms with Crippen molar-refractivity contribution in [2.75, 3.05) is 0 Å². The molecule has 1 aromatic rings. The quantitative estimate of drug-likeness (QED) is 0.534. The number of aromatic nitrogens is 2. The standard InChI is InChI=1S/C12H15N5O3/c18-10(4-8-11(19)15-12(20)14-8)13-5-9-6-2-1-3-7(6)16-17-9/h8H,1-5H2,(H,13,18)(H,16,17)(H2,14,15,19,20). The van der Waals surface area contributed by atoms with Crippen molar-refractivity contribution < 1.29 is 14.4 Å². The van der Waals surface area contributed by atoms with Crippen LogP contribution in [0.2, 0.25) is 0 Å². The molecule has 0 radical (unpaired) electrons. The van der Waals surface area contributed by atoms with E-state index in [0.29, 0.717) is 6.54 Å². The van der Waals surface area contributed by atoms with Crippen molar-refractivity contribution in [3.05, 3.63) is 17.0 Å². The van der Waals surface area contributed by atoms with E-state index in [1.807, 2.05) is 0 Å². The first-order chi connectivity index (χ1) is 9.63. The second-order valence-electron chi connectivity index (χ2n) is 4.98. The molecule has 1 saturated heterocycles. The molecule has 20 heavy (non-hydrogen) atoms. The Labute approximate surface area is 114 Å². The highest BCUT2D eigenvalue weighted by atomic mass is 16.2. The first-order valence-corrected chi connectivity index (χ1v) is 6.56. The fraction of sp³-hybridized carbons (Fsp3) is 0.500. The Morgan fingerprint density at radius 3 is 2.95 bits per heavy atom. The molecule has 1 aromatic heterocycles. The molecule has 0 bridgehead atoms. The molecule has 1 atom stereocenters. The van der Waals surface area contributed by atoms with Crippen LogP contribution in [0.3, 0.4) is 0 Å². The topological polar surface area (TPSA) is 116 Å². The molecule has 8 nitrogen and oxygen atoms in total. The number of imide groups is 1. The number of H-pyrrole nitrogens is 1. The number of aryl methyl sites for hydroxylation is 1. The normalized spacial score (nSPS) is 20.5. The molecule has 8 heteroatoms. The van der Waals surface area contributed by atoms with Gasteiger partial charge in [0.15, 0.2) is 0 Å². The fourth-order valence-electron chi connectivity index (χ4n) is 2.58. The van der Waals surface area contributed by atoms with Crippen LogP contribution in [-0.4, -0.2) is 34.1 Å². The second kappa shape index (κ2) is 4.95. The largest absolute Gasteiger partial charge is 0.350 e. The van der Waals surface area contributed by atoms with Crippen molar-refractivity contribution in [2.45, 2.75) is 38.3 Å². The number of carbonyl (C=O) groups excluding carboxylic acids is 3. The van der Waals surface area contributed by atoms with Gasteiger partial charge in [0.1, 0.15) is 6.04 Å². The third kappa shape index (κ3) is 2.36. The summed E-state index contributed by atoms with van der Waals surface area (Å²) >= 11 is 0. The van der Waals surface area contributed by atoms with Crippen LogP contribution < -0.4 is 16.0 Å². The predicted molar refractivity (Wildman–Crippen MR) is 67.5 cm³/mol. The van der Waals surface area contributed by atoms with Gasteiger partial charge in [-0.05, 0) is 24.8 Å². The van der Waals surface area contributed by atoms with Crippen molar-refractivity contribution in [3.8, 4) is 0 Å². The van der Waals surface area contributed by atoms with Crippen LogP contribution in [0.4, 0.5) is 4.79 Å². The Morgan fingerprint density at radius 2 is 2.20 bits per heavy atom. The predicted octanol–water partition coefficient (Wildman–Crippen LogP) is -0.887. The van der Waals surface area contributed by atoms with Crippen LogP contribution in [0, 0.1) is 0 Å². The summed E-state index contributed by atoms with van der Waals surface area (Å²) in [5.41, 5.74) is 3.19. The van der Waals surface area contributed by atoms with Gasteiger partial charge in [0.05, 0.1) is 18.7 Å². The van der Waals surface area contributed by atoms with E-state index in [1.165, 1.54) is 5.56 Å². The van der Waals surface area contributed by atoms with Crippen LogP contribution in [0.1, 0.15) is 29.8 Å². The minimum Gasteiger partial charge on any atom is -0.350 e. The Balaban J connectivity index is 1.52. The van der Waals surface area contributed by atoms with Crippen LogP contribution in [0.5, 0.6) is 0 Å².